The van der Waals surface area contributed by atoms with Crippen LogP contribution in [0.1, 0.15) is 12.5 Å². The number of rotatable bonds is 7. The van der Waals surface area contributed by atoms with Gasteiger partial charge in [-0.05, 0) is 55.4 Å². The fourth-order valence-electron chi connectivity index (χ4n) is 2.50. The summed E-state index contributed by atoms with van der Waals surface area (Å²) in [6.45, 7) is 3.68. The molecule has 2 rings (SSSR count). The van der Waals surface area contributed by atoms with Crippen LogP contribution >= 0.6 is 12.2 Å². The van der Waals surface area contributed by atoms with Crippen LogP contribution in [-0.2, 0) is 6.42 Å². The Morgan fingerprint density at radius 1 is 1.04 bits per heavy atom. The molecule has 0 spiro atoms. The van der Waals surface area contributed by atoms with E-state index in [0.29, 0.717) is 0 Å². The third kappa shape index (κ3) is 4.61. The Hall–Kier alpha value is -2.27. The summed E-state index contributed by atoms with van der Waals surface area (Å²) in [5, 5.41) is 4.07. The van der Waals surface area contributed by atoms with Crippen molar-refractivity contribution in [2.45, 2.75) is 13.3 Å². The molecule has 1 N–H and O–H groups in total. The molecule has 0 heterocycles. The van der Waals surface area contributed by atoms with Crippen molar-refractivity contribution in [3.63, 3.8) is 0 Å². The largest absolute Gasteiger partial charge is 0.493 e. The lowest BCUT2D eigenvalue weighted by molar-refractivity contribution is 0.354. The molecule has 0 unspecified atom stereocenters. The van der Waals surface area contributed by atoms with Gasteiger partial charge in [-0.3, -0.25) is 0 Å². The summed E-state index contributed by atoms with van der Waals surface area (Å²) in [7, 11) is 3.29. The Balaban J connectivity index is 1.92. The van der Waals surface area contributed by atoms with Crippen molar-refractivity contribution in [2.75, 3.05) is 32.2 Å². The second kappa shape index (κ2) is 9.13. The molecule has 5 heteroatoms. The van der Waals surface area contributed by atoms with Gasteiger partial charge in [0.1, 0.15) is 0 Å². The van der Waals surface area contributed by atoms with E-state index in [1.807, 2.05) is 36.4 Å². The highest BCUT2D eigenvalue weighted by Gasteiger charge is 2.09. The van der Waals surface area contributed by atoms with Gasteiger partial charge < -0.3 is 19.7 Å². The first kappa shape index (κ1) is 18.1. The quantitative estimate of drug-likeness (QED) is 0.776. The summed E-state index contributed by atoms with van der Waals surface area (Å²) < 4.78 is 10.6. The number of hydrogen-bond donors (Lipinski definition) is 1. The molecule has 0 saturated heterocycles. The average Bonchev–Trinajstić information content (AvgIpc) is 2.63. The van der Waals surface area contributed by atoms with Gasteiger partial charge in [-0.1, -0.05) is 24.3 Å². The fourth-order valence-corrected chi connectivity index (χ4v) is 2.83. The van der Waals surface area contributed by atoms with Gasteiger partial charge in [0.2, 0.25) is 0 Å². The predicted molar refractivity (Wildman–Crippen MR) is 103 cm³/mol. The molecule has 0 radical (unpaired) electrons. The van der Waals surface area contributed by atoms with Gasteiger partial charge in [-0.2, -0.15) is 0 Å². The molecular formula is C19H24N2O2S. The number of benzene rings is 2. The summed E-state index contributed by atoms with van der Waals surface area (Å²) >= 11 is 5.53. The lowest BCUT2D eigenvalue weighted by Gasteiger charge is -2.24. The van der Waals surface area contributed by atoms with Crippen LogP contribution in [0.3, 0.4) is 0 Å². The smallest absolute Gasteiger partial charge is 0.173 e. The molecule has 2 aromatic carbocycles. The fraction of sp³-hybridized carbons (Fsp3) is 0.316. The van der Waals surface area contributed by atoms with Gasteiger partial charge in [0.15, 0.2) is 16.6 Å². The van der Waals surface area contributed by atoms with Crippen molar-refractivity contribution in [3.8, 4) is 11.5 Å². The lowest BCUT2D eigenvalue weighted by atomic mass is 10.1. The van der Waals surface area contributed by atoms with Crippen molar-refractivity contribution in [1.29, 1.82) is 0 Å². The number of hydrogen-bond acceptors (Lipinski definition) is 3. The zero-order chi connectivity index (χ0) is 17.4. The lowest BCUT2D eigenvalue weighted by Crippen LogP contribution is -2.40. The Labute approximate surface area is 149 Å². The van der Waals surface area contributed by atoms with Crippen LogP contribution < -0.4 is 19.7 Å². The highest BCUT2D eigenvalue weighted by molar-refractivity contribution is 7.80. The molecule has 0 aliphatic carbocycles. The SMILES string of the molecule is CCN(C(=S)NCCc1ccc(OC)c(OC)c1)c1ccccc1. The topological polar surface area (TPSA) is 33.7 Å². The number of nitrogens with zero attached hydrogens (tertiary/aromatic N) is 1. The van der Waals surface area contributed by atoms with Crippen LogP contribution in [0, 0.1) is 0 Å². The van der Waals surface area contributed by atoms with Crippen LogP contribution in [0.5, 0.6) is 11.5 Å². The van der Waals surface area contributed by atoms with Gasteiger partial charge in [-0.25, -0.2) is 0 Å². The molecule has 128 valence electrons. The first-order valence-electron chi connectivity index (χ1n) is 8.01. The molecule has 0 aliphatic heterocycles. The predicted octanol–water partition coefficient (Wildman–Crippen LogP) is 3.65. The van der Waals surface area contributed by atoms with Crippen molar-refractivity contribution in [3.05, 3.63) is 54.1 Å². The Bertz CT molecular complexity index is 662. The minimum absolute atomic E-state index is 0.740. The third-order valence-corrected chi connectivity index (χ3v) is 4.13. The monoisotopic (exact) mass is 344 g/mol. The van der Waals surface area contributed by atoms with Crippen LogP contribution in [0.25, 0.3) is 0 Å². The van der Waals surface area contributed by atoms with Gasteiger partial charge >= 0.3 is 0 Å². The second-order valence-corrected chi connectivity index (χ2v) is 5.64. The second-order valence-electron chi connectivity index (χ2n) is 5.25. The van der Waals surface area contributed by atoms with Crippen LogP contribution in [0.4, 0.5) is 5.69 Å². The van der Waals surface area contributed by atoms with E-state index in [9.17, 15) is 0 Å². The van der Waals surface area contributed by atoms with E-state index in [2.05, 4.69) is 29.3 Å². The van der Waals surface area contributed by atoms with Crippen LogP contribution in [0.2, 0.25) is 0 Å². The summed E-state index contributed by atoms with van der Waals surface area (Å²) in [6.07, 6.45) is 0.854. The zero-order valence-electron chi connectivity index (χ0n) is 14.4. The van der Waals surface area contributed by atoms with E-state index in [1.165, 1.54) is 5.56 Å². The number of para-hydroxylation sites is 1. The number of anilines is 1. The van der Waals surface area contributed by atoms with E-state index in [4.69, 9.17) is 21.7 Å². The Morgan fingerprint density at radius 2 is 1.75 bits per heavy atom. The summed E-state index contributed by atoms with van der Waals surface area (Å²) in [6, 6.07) is 16.1. The molecule has 0 bridgehead atoms. The maximum absolute atomic E-state index is 5.53. The van der Waals surface area contributed by atoms with Crippen molar-refractivity contribution in [2.24, 2.45) is 0 Å². The minimum atomic E-state index is 0.740. The van der Waals surface area contributed by atoms with Gasteiger partial charge in [-0.15, -0.1) is 0 Å². The van der Waals surface area contributed by atoms with E-state index in [0.717, 1.165) is 41.8 Å². The molecule has 0 atom stereocenters. The maximum Gasteiger partial charge on any atom is 0.173 e. The van der Waals surface area contributed by atoms with E-state index >= 15 is 0 Å². The number of nitrogens with one attached hydrogen (secondary N) is 1. The number of thiocarbonyl (C=S) groups is 1. The molecule has 0 aromatic heterocycles. The van der Waals surface area contributed by atoms with Crippen molar-refractivity contribution in [1.82, 2.24) is 5.32 Å². The average molecular weight is 344 g/mol. The molecule has 24 heavy (non-hydrogen) atoms. The van der Waals surface area contributed by atoms with Gasteiger partial charge in [0.25, 0.3) is 0 Å². The first-order chi connectivity index (χ1) is 11.7. The first-order valence-corrected chi connectivity index (χ1v) is 8.41. The number of methoxy groups -OCH3 is 2. The van der Waals surface area contributed by atoms with Crippen molar-refractivity contribution < 1.29 is 9.47 Å². The van der Waals surface area contributed by atoms with Gasteiger partial charge in [0.05, 0.1) is 14.2 Å². The minimum Gasteiger partial charge on any atom is -0.493 e. The van der Waals surface area contributed by atoms with Crippen LogP contribution in [-0.4, -0.2) is 32.4 Å². The molecule has 0 aliphatic rings. The summed E-state index contributed by atoms with van der Waals surface area (Å²) in [5.74, 6) is 1.49. The van der Waals surface area contributed by atoms with E-state index < -0.39 is 0 Å². The highest BCUT2D eigenvalue weighted by atomic mass is 32.1. The number of ether oxygens (including phenoxy) is 2. The standard InChI is InChI=1S/C19H24N2O2S/c1-4-21(16-8-6-5-7-9-16)19(24)20-13-12-15-10-11-17(22-2)18(14-15)23-3/h5-11,14H,4,12-13H2,1-3H3,(H,20,24). The Kier molecular flexibility index (Phi) is 6.88. The Morgan fingerprint density at radius 3 is 2.38 bits per heavy atom. The molecule has 0 saturated carbocycles. The van der Waals surface area contributed by atoms with E-state index in [-0.39, 0.29) is 0 Å². The molecular weight excluding hydrogens is 320 g/mol. The van der Waals surface area contributed by atoms with Crippen molar-refractivity contribution >= 4 is 23.0 Å². The van der Waals surface area contributed by atoms with Crippen LogP contribution in [0.15, 0.2) is 48.5 Å². The molecule has 0 fully saturated rings. The zero-order valence-corrected chi connectivity index (χ0v) is 15.2. The summed E-state index contributed by atoms with van der Waals surface area (Å²) in [5.41, 5.74) is 2.27. The maximum atomic E-state index is 5.53. The molecule has 4 nitrogen and oxygen atoms in total. The third-order valence-electron chi connectivity index (χ3n) is 3.77. The molecule has 0 amide bonds. The highest BCUT2D eigenvalue weighted by Crippen LogP contribution is 2.27. The normalized spacial score (nSPS) is 10.1. The van der Waals surface area contributed by atoms with E-state index in [1.54, 1.807) is 14.2 Å². The van der Waals surface area contributed by atoms with Gasteiger partial charge in [0, 0.05) is 18.8 Å². The summed E-state index contributed by atoms with van der Waals surface area (Å²) in [4.78, 5) is 2.09. The molecule has 2 aromatic rings.